The van der Waals surface area contributed by atoms with Gasteiger partial charge in [-0.05, 0) is 36.5 Å². The Bertz CT molecular complexity index is 839. The molecule has 0 saturated carbocycles. The number of urea groups is 1. The molecule has 29 heavy (non-hydrogen) atoms. The molecule has 1 aliphatic heterocycles. The van der Waals surface area contributed by atoms with Crippen LogP contribution in [0.3, 0.4) is 0 Å². The van der Waals surface area contributed by atoms with Gasteiger partial charge in [0.1, 0.15) is 0 Å². The van der Waals surface area contributed by atoms with Crippen LogP contribution in [-0.4, -0.2) is 42.2 Å². The quantitative estimate of drug-likeness (QED) is 0.513. The highest BCUT2D eigenvalue weighted by atomic mass is 16.5. The van der Waals surface area contributed by atoms with Crippen molar-refractivity contribution in [1.82, 2.24) is 20.7 Å². The minimum atomic E-state index is -0.0297. The third-order valence-corrected chi connectivity index (χ3v) is 4.85. The van der Waals surface area contributed by atoms with Crippen molar-refractivity contribution in [3.05, 3.63) is 47.3 Å². The van der Waals surface area contributed by atoms with E-state index >= 15 is 0 Å². The Balaban J connectivity index is 1.49. The summed E-state index contributed by atoms with van der Waals surface area (Å²) in [7, 11) is 1.72. The maximum Gasteiger partial charge on any atom is 0.321 e. The average Bonchev–Trinajstić information content (AvgIpc) is 3.41. The van der Waals surface area contributed by atoms with E-state index in [1.807, 2.05) is 35.2 Å². The Kier molecular flexibility index (Phi) is 7.10. The molecule has 3 N–H and O–H groups in total. The second kappa shape index (κ2) is 9.95. The summed E-state index contributed by atoms with van der Waals surface area (Å²) in [6, 6.07) is 9.75. The van der Waals surface area contributed by atoms with Gasteiger partial charge < -0.3 is 25.4 Å². The zero-order valence-corrected chi connectivity index (χ0v) is 17.4. The van der Waals surface area contributed by atoms with E-state index in [2.05, 4.69) is 39.9 Å². The normalized spacial score (nSPS) is 14.3. The number of hydrogen-bond donors (Lipinski definition) is 3. The number of benzene rings is 1. The van der Waals surface area contributed by atoms with Gasteiger partial charge in [-0.2, -0.15) is 0 Å². The van der Waals surface area contributed by atoms with Gasteiger partial charge in [0.05, 0.1) is 12.2 Å². The van der Waals surface area contributed by atoms with Crippen LogP contribution in [0.4, 0.5) is 10.5 Å². The summed E-state index contributed by atoms with van der Waals surface area (Å²) < 4.78 is 5.34. The van der Waals surface area contributed by atoms with Crippen molar-refractivity contribution in [2.75, 3.05) is 25.5 Å². The van der Waals surface area contributed by atoms with Crippen LogP contribution < -0.4 is 16.0 Å². The van der Waals surface area contributed by atoms with Gasteiger partial charge in [-0.25, -0.2) is 4.79 Å². The van der Waals surface area contributed by atoms with Gasteiger partial charge in [-0.1, -0.05) is 31.1 Å². The molecule has 156 valence electrons. The van der Waals surface area contributed by atoms with E-state index in [1.165, 1.54) is 0 Å². The molecule has 2 heterocycles. The van der Waals surface area contributed by atoms with E-state index in [9.17, 15) is 4.79 Å². The molecule has 8 nitrogen and oxygen atoms in total. The van der Waals surface area contributed by atoms with E-state index in [0.717, 1.165) is 48.6 Å². The van der Waals surface area contributed by atoms with E-state index < -0.39 is 0 Å². The number of nitrogens with zero attached hydrogens (tertiary/aromatic N) is 3. The van der Waals surface area contributed by atoms with Gasteiger partial charge in [-0.15, -0.1) is 0 Å². The second-order valence-electron chi connectivity index (χ2n) is 7.48. The third-order valence-electron chi connectivity index (χ3n) is 4.85. The number of likely N-dealkylation sites (tertiary alicyclic amines) is 1. The molecule has 8 heteroatoms. The van der Waals surface area contributed by atoms with Gasteiger partial charge in [0.15, 0.2) is 11.7 Å². The lowest BCUT2D eigenvalue weighted by molar-refractivity contribution is 0.222. The number of carbonyl (C=O) groups is 1. The van der Waals surface area contributed by atoms with Gasteiger partial charge in [0.2, 0.25) is 0 Å². The Labute approximate surface area is 171 Å². The molecule has 2 amide bonds. The SMILES string of the molecule is CN=C(NCc1cccc(NC(=O)N2CCCC2)c1)NCc1cc(C(C)C)no1. The van der Waals surface area contributed by atoms with Crippen molar-refractivity contribution in [2.45, 2.75) is 45.7 Å². The Hall–Kier alpha value is -3.03. The fourth-order valence-electron chi connectivity index (χ4n) is 3.14. The first-order valence-electron chi connectivity index (χ1n) is 10.1. The summed E-state index contributed by atoms with van der Waals surface area (Å²) >= 11 is 0. The lowest BCUT2D eigenvalue weighted by atomic mass is 10.1. The molecular formula is C21H30N6O2. The second-order valence-corrected chi connectivity index (χ2v) is 7.48. The van der Waals surface area contributed by atoms with Crippen molar-refractivity contribution < 1.29 is 9.32 Å². The highest BCUT2D eigenvalue weighted by Crippen LogP contribution is 2.15. The lowest BCUT2D eigenvalue weighted by Crippen LogP contribution is -2.36. The lowest BCUT2D eigenvalue weighted by Gasteiger charge is -2.17. The zero-order chi connectivity index (χ0) is 20.6. The predicted octanol–water partition coefficient (Wildman–Crippen LogP) is 3.29. The van der Waals surface area contributed by atoms with Crippen molar-refractivity contribution in [3.63, 3.8) is 0 Å². The van der Waals surface area contributed by atoms with Crippen LogP contribution in [-0.2, 0) is 13.1 Å². The highest BCUT2D eigenvalue weighted by Gasteiger charge is 2.17. The molecule has 3 rings (SSSR count). The first-order chi connectivity index (χ1) is 14.0. The zero-order valence-electron chi connectivity index (χ0n) is 17.4. The van der Waals surface area contributed by atoms with Crippen molar-refractivity contribution in [3.8, 4) is 0 Å². The third kappa shape index (κ3) is 5.97. The number of aromatic nitrogens is 1. The van der Waals surface area contributed by atoms with Gasteiger partial charge in [0.25, 0.3) is 0 Å². The Morgan fingerprint density at radius 2 is 1.97 bits per heavy atom. The molecule has 1 fully saturated rings. The summed E-state index contributed by atoms with van der Waals surface area (Å²) in [6.45, 7) is 6.92. The van der Waals surface area contributed by atoms with Crippen LogP contribution in [0.5, 0.6) is 0 Å². The fourth-order valence-corrected chi connectivity index (χ4v) is 3.14. The molecule has 0 unspecified atom stereocenters. The standard InChI is InChI=1S/C21H30N6O2/c1-15(2)19-12-18(29-26-19)14-24-20(22-3)23-13-16-7-6-8-17(11-16)25-21(28)27-9-4-5-10-27/h6-8,11-12,15H,4-5,9-10,13-14H2,1-3H3,(H,25,28)(H2,22,23,24). The number of rotatable bonds is 6. The summed E-state index contributed by atoms with van der Waals surface area (Å²) in [5.41, 5.74) is 2.79. The van der Waals surface area contributed by atoms with Crippen molar-refractivity contribution in [1.29, 1.82) is 0 Å². The van der Waals surface area contributed by atoms with Crippen LogP contribution in [0.2, 0.25) is 0 Å². The number of guanidine groups is 1. The first-order valence-corrected chi connectivity index (χ1v) is 10.1. The maximum absolute atomic E-state index is 12.3. The number of anilines is 1. The Morgan fingerprint density at radius 1 is 1.21 bits per heavy atom. The van der Waals surface area contributed by atoms with E-state index in [0.29, 0.717) is 25.0 Å². The van der Waals surface area contributed by atoms with Crippen LogP contribution >= 0.6 is 0 Å². The molecule has 0 spiro atoms. The number of carbonyl (C=O) groups excluding carboxylic acids is 1. The van der Waals surface area contributed by atoms with Gasteiger partial charge in [-0.3, -0.25) is 4.99 Å². The predicted molar refractivity (Wildman–Crippen MR) is 114 cm³/mol. The molecule has 1 saturated heterocycles. The average molecular weight is 399 g/mol. The van der Waals surface area contributed by atoms with Gasteiger partial charge >= 0.3 is 6.03 Å². The smallest absolute Gasteiger partial charge is 0.321 e. The number of aliphatic imine (C=N–C) groups is 1. The van der Waals surface area contributed by atoms with Crippen LogP contribution in [0.25, 0.3) is 0 Å². The molecule has 1 aromatic carbocycles. The molecular weight excluding hydrogens is 368 g/mol. The van der Waals surface area contributed by atoms with Crippen molar-refractivity contribution >= 4 is 17.7 Å². The highest BCUT2D eigenvalue weighted by molar-refractivity contribution is 5.89. The Morgan fingerprint density at radius 3 is 2.66 bits per heavy atom. The number of amides is 2. The maximum atomic E-state index is 12.3. The van der Waals surface area contributed by atoms with E-state index in [1.54, 1.807) is 7.05 Å². The molecule has 1 aromatic heterocycles. The minimum absolute atomic E-state index is 0.0297. The molecule has 0 radical (unpaired) electrons. The topological polar surface area (TPSA) is 94.8 Å². The van der Waals surface area contributed by atoms with Crippen molar-refractivity contribution in [2.24, 2.45) is 4.99 Å². The van der Waals surface area contributed by atoms with Gasteiger partial charge in [0, 0.05) is 38.4 Å². The monoisotopic (exact) mass is 398 g/mol. The molecule has 0 atom stereocenters. The molecule has 2 aromatic rings. The summed E-state index contributed by atoms with van der Waals surface area (Å²) in [5, 5.41) is 13.5. The fraction of sp³-hybridized carbons (Fsp3) is 0.476. The summed E-state index contributed by atoms with van der Waals surface area (Å²) in [5.74, 6) is 1.77. The van der Waals surface area contributed by atoms with Crippen LogP contribution in [0.1, 0.15) is 49.6 Å². The van der Waals surface area contributed by atoms with Crippen LogP contribution in [0.15, 0.2) is 39.8 Å². The number of hydrogen-bond acceptors (Lipinski definition) is 4. The number of nitrogens with one attached hydrogen (secondary N) is 3. The van der Waals surface area contributed by atoms with E-state index in [-0.39, 0.29) is 6.03 Å². The first kappa shape index (κ1) is 20.7. The molecule has 0 aliphatic carbocycles. The summed E-state index contributed by atoms with van der Waals surface area (Å²) in [6.07, 6.45) is 2.16. The van der Waals surface area contributed by atoms with E-state index in [4.69, 9.17) is 4.52 Å². The minimum Gasteiger partial charge on any atom is -0.359 e. The molecule has 1 aliphatic rings. The summed E-state index contributed by atoms with van der Waals surface area (Å²) in [4.78, 5) is 18.3. The van der Waals surface area contributed by atoms with Crippen LogP contribution in [0, 0.1) is 0 Å². The molecule has 0 bridgehead atoms. The largest absolute Gasteiger partial charge is 0.359 e.